The molecular formula is C15H21ClN2O. The van der Waals surface area contributed by atoms with E-state index in [4.69, 9.17) is 17.3 Å². The highest BCUT2D eigenvalue weighted by Gasteiger charge is 2.22. The van der Waals surface area contributed by atoms with Crippen molar-refractivity contribution in [2.24, 2.45) is 5.92 Å². The Morgan fingerprint density at radius 2 is 2.21 bits per heavy atom. The molecule has 2 N–H and O–H groups in total. The summed E-state index contributed by atoms with van der Waals surface area (Å²) in [6, 6.07) is 5.43. The second-order valence-corrected chi connectivity index (χ2v) is 5.67. The first-order chi connectivity index (χ1) is 9.10. The zero-order chi connectivity index (χ0) is 13.8. The van der Waals surface area contributed by atoms with Crippen molar-refractivity contribution < 1.29 is 4.79 Å². The first-order valence-corrected chi connectivity index (χ1v) is 7.29. The summed E-state index contributed by atoms with van der Waals surface area (Å²) in [6.45, 7) is 3.58. The van der Waals surface area contributed by atoms with Gasteiger partial charge < -0.3 is 10.6 Å². The Morgan fingerprint density at radius 1 is 1.42 bits per heavy atom. The van der Waals surface area contributed by atoms with Gasteiger partial charge in [0.25, 0.3) is 0 Å². The number of hydrogen-bond donors (Lipinski definition) is 1. The molecule has 0 bridgehead atoms. The van der Waals surface area contributed by atoms with E-state index in [9.17, 15) is 4.79 Å². The van der Waals surface area contributed by atoms with Gasteiger partial charge in [-0.2, -0.15) is 0 Å². The maximum absolute atomic E-state index is 12.1. The van der Waals surface area contributed by atoms with E-state index in [-0.39, 0.29) is 5.91 Å². The normalized spacial score (nSPS) is 20.4. The van der Waals surface area contributed by atoms with Crippen LogP contribution in [-0.4, -0.2) is 17.4 Å². The van der Waals surface area contributed by atoms with Crippen molar-refractivity contribution in [1.29, 1.82) is 0 Å². The Kier molecular flexibility index (Phi) is 4.70. The van der Waals surface area contributed by atoms with Gasteiger partial charge in [0, 0.05) is 30.2 Å². The molecule has 0 aliphatic carbocycles. The fourth-order valence-electron chi connectivity index (χ4n) is 2.59. The Labute approximate surface area is 119 Å². The van der Waals surface area contributed by atoms with Crippen LogP contribution < -0.4 is 5.73 Å². The lowest BCUT2D eigenvalue weighted by molar-refractivity contribution is -0.131. The minimum atomic E-state index is 0.231. The topological polar surface area (TPSA) is 46.3 Å². The summed E-state index contributed by atoms with van der Waals surface area (Å²) < 4.78 is 0. The van der Waals surface area contributed by atoms with Crippen molar-refractivity contribution in [3.63, 3.8) is 0 Å². The lowest BCUT2D eigenvalue weighted by Crippen LogP contribution is -2.29. The third kappa shape index (κ3) is 3.63. The quantitative estimate of drug-likeness (QED) is 0.862. The van der Waals surface area contributed by atoms with Crippen molar-refractivity contribution in [2.45, 2.75) is 39.2 Å². The van der Waals surface area contributed by atoms with Gasteiger partial charge in [0.05, 0.1) is 0 Å². The molecule has 4 heteroatoms. The van der Waals surface area contributed by atoms with Crippen LogP contribution in [0.5, 0.6) is 0 Å². The van der Waals surface area contributed by atoms with Crippen LogP contribution in [0.2, 0.25) is 5.02 Å². The molecule has 1 aromatic carbocycles. The zero-order valence-electron chi connectivity index (χ0n) is 11.4. The van der Waals surface area contributed by atoms with E-state index in [0.717, 1.165) is 31.4 Å². The molecule has 104 valence electrons. The van der Waals surface area contributed by atoms with Gasteiger partial charge in [0.15, 0.2) is 0 Å². The summed E-state index contributed by atoms with van der Waals surface area (Å²) in [7, 11) is 0. The third-order valence-electron chi connectivity index (χ3n) is 3.93. The minimum Gasteiger partial charge on any atom is -0.399 e. The van der Waals surface area contributed by atoms with Gasteiger partial charge in [-0.3, -0.25) is 4.79 Å². The van der Waals surface area contributed by atoms with Crippen molar-refractivity contribution in [2.75, 3.05) is 12.3 Å². The molecule has 1 aromatic rings. The number of nitrogens with two attached hydrogens (primary N) is 1. The lowest BCUT2D eigenvalue weighted by atomic mass is 9.98. The standard InChI is InChI=1S/C15H21ClN2O/c1-2-11-3-6-15(19)18(8-7-11)10-12-9-13(17)4-5-14(12)16/h4-5,9,11H,2-3,6-8,10,17H2,1H3. The number of likely N-dealkylation sites (tertiary alicyclic amines) is 1. The van der Waals surface area contributed by atoms with Crippen LogP contribution in [0.1, 0.15) is 38.2 Å². The number of carbonyl (C=O) groups excluding carboxylic acids is 1. The summed E-state index contributed by atoms with van der Waals surface area (Å²) in [5.74, 6) is 0.903. The molecule has 3 nitrogen and oxygen atoms in total. The summed E-state index contributed by atoms with van der Waals surface area (Å²) in [5.41, 5.74) is 7.40. The second-order valence-electron chi connectivity index (χ2n) is 5.27. The SMILES string of the molecule is CCC1CCC(=O)N(Cc2cc(N)ccc2Cl)CC1. The number of halogens is 1. The van der Waals surface area contributed by atoms with E-state index in [1.807, 2.05) is 11.0 Å². The number of anilines is 1. The zero-order valence-corrected chi connectivity index (χ0v) is 12.1. The number of benzene rings is 1. The molecule has 0 radical (unpaired) electrons. The van der Waals surface area contributed by atoms with Gasteiger partial charge in [0.1, 0.15) is 0 Å². The number of nitrogens with zero attached hydrogens (tertiary/aromatic N) is 1. The van der Waals surface area contributed by atoms with Crippen LogP contribution >= 0.6 is 11.6 Å². The predicted molar refractivity (Wildman–Crippen MR) is 78.9 cm³/mol. The first kappa shape index (κ1) is 14.2. The van der Waals surface area contributed by atoms with Crippen molar-refractivity contribution >= 4 is 23.2 Å². The minimum absolute atomic E-state index is 0.231. The van der Waals surface area contributed by atoms with E-state index >= 15 is 0 Å². The summed E-state index contributed by atoms with van der Waals surface area (Å²) in [6.07, 6.45) is 3.90. The highest BCUT2D eigenvalue weighted by Crippen LogP contribution is 2.25. The molecule has 2 rings (SSSR count). The number of nitrogen functional groups attached to an aromatic ring is 1. The van der Waals surface area contributed by atoms with Crippen LogP contribution in [0.15, 0.2) is 18.2 Å². The van der Waals surface area contributed by atoms with Crippen LogP contribution in [0, 0.1) is 5.92 Å². The molecule has 1 fully saturated rings. The smallest absolute Gasteiger partial charge is 0.222 e. The number of hydrogen-bond acceptors (Lipinski definition) is 2. The fraction of sp³-hybridized carbons (Fsp3) is 0.533. The molecule has 19 heavy (non-hydrogen) atoms. The Morgan fingerprint density at radius 3 is 2.95 bits per heavy atom. The van der Waals surface area contributed by atoms with Crippen molar-refractivity contribution in [3.05, 3.63) is 28.8 Å². The monoisotopic (exact) mass is 280 g/mol. The van der Waals surface area contributed by atoms with Crippen LogP contribution in [0.3, 0.4) is 0 Å². The van der Waals surface area contributed by atoms with Gasteiger partial charge in [-0.1, -0.05) is 24.9 Å². The van der Waals surface area contributed by atoms with Crippen LogP contribution in [-0.2, 0) is 11.3 Å². The second kappa shape index (κ2) is 6.29. The molecule has 1 unspecified atom stereocenters. The van der Waals surface area contributed by atoms with Crippen LogP contribution in [0.4, 0.5) is 5.69 Å². The highest BCUT2D eigenvalue weighted by atomic mass is 35.5. The molecule has 1 aliphatic heterocycles. The van der Waals surface area contributed by atoms with Crippen LogP contribution in [0.25, 0.3) is 0 Å². The molecule has 1 atom stereocenters. The van der Waals surface area contributed by atoms with Crippen molar-refractivity contribution in [3.8, 4) is 0 Å². The maximum Gasteiger partial charge on any atom is 0.222 e. The molecule has 0 spiro atoms. The molecule has 1 amide bonds. The van der Waals surface area contributed by atoms with Crippen molar-refractivity contribution in [1.82, 2.24) is 4.90 Å². The highest BCUT2D eigenvalue weighted by molar-refractivity contribution is 6.31. The van der Waals surface area contributed by atoms with E-state index in [0.29, 0.717) is 29.6 Å². The Hall–Kier alpha value is -1.22. The number of carbonyl (C=O) groups is 1. The number of rotatable bonds is 3. The Balaban J connectivity index is 2.09. The average molecular weight is 281 g/mol. The lowest BCUT2D eigenvalue weighted by Gasteiger charge is -2.21. The maximum atomic E-state index is 12.1. The summed E-state index contributed by atoms with van der Waals surface area (Å²) >= 11 is 6.17. The van der Waals surface area contributed by atoms with E-state index in [1.165, 1.54) is 0 Å². The van der Waals surface area contributed by atoms with Gasteiger partial charge in [-0.15, -0.1) is 0 Å². The van der Waals surface area contributed by atoms with Gasteiger partial charge in [0.2, 0.25) is 5.91 Å². The largest absolute Gasteiger partial charge is 0.399 e. The van der Waals surface area contributed by atoms with Gasteiger partial charge >= 0.3 is 0 Å². The average Bonchev–Trinajstić information content (AvgIpc) is 2.57. The molecule has 0 aromatic heterocycles. The van der Waals surface area contributed by atoms with E-state index < -0.39 is 0 Å². The summed E-state index contributed by atoms with van der Waals surface area (Å²) in [4.78, 5) is 14.0. The number of amides is 1. The summed E-state index contributed by atoms with van der Waals surface area (Å²) in [5, 5.41) is 0.679. The van der Waals surface area contributed by atoms with E-state index in [1.54, 1.807) is 12.1 Å². The fourth-order valence-corrected chi connectivity index (χ4v) is 2.77. The Bertz CT molecular complexity index is 461. The predicted octanol–water partition coefficient (Wildman–Crippen LogP) is 3.46. The molecular weight excluding hydrogens is 260 g/mol. The molecule has 1 heterocycles. The molecule has 1 saturated heterocycles. The molecule has 1 aliphatic rings. The van der Waals surface area contributed by atoms with Gasteiger partial charge in [-0.05, 0) is 42.5 Å². The first-order valence-electron chi connectivity index (χ1n) is 6.91. The van der Waals surface area contributed by atoms with E-state index in [2.05, 4.69) is 6.92 Å². The molecule has 0 saturated carbocycles. The third-order valence-corrected chi connectivity index (χ3v) is 4.30. The van der Waals surface area contributed by atoms with Gasteiger partial charge in [-0.25, -0.2) is 0 Å².